The van der Waals surface area contributed by atoms with Crippen molar-refractivity contribution in [2.24, 2.45) is 0 Å². The molecule has 2 aromatic carbocycles. The Balaban J connectivity index is 1.66. The number of carbonyl (C=O) groups excluding carboxylic acids is 1. The Morgan fingerprint density at radius 1 is 1.09 bits per heavy atom. The lowest BCUT2D eigenvalue weighted by atomic mass is 10.1. The van der Waals surface area contributed by atoms with Gasteiger partial charge in [0, 0.05) is 11.0 Å². The first-order chi connectivity index (χ1) is 11.0. The zero-order valence-electron chi connectivity index (χ0n) is 13.4. The van der Waals surface area contributed by atoms with Crippen molar-refractivity contribution in [2.75, 3.05) is 13.3 Å². The zero-order valence-corrected chi connectivity index (χ0v) is 14.9. The Labute approximate surface area is 145 Å². The second-order valence-corrected chi connectivity index (χ2v) is 6.28. The number of nitrogens with one attached hydrogen (secondary N) is 2. The molecule has 2 rings (SSSR count). The molecule has 0 unspecified atom stereocenters. The molecule has 5 heteroatoms. The molecule has 0 spiro atoms. The normalized spacial score (nSPS) is 10.2. The molecule has 0 atom stereocenters. The van der Waals surface area contributed by atoms with Crippen LogP contribution in [0.15, 0.2) is 46.9 Å². The molecule has 23 heavy (non-hydrogen) atoms. The van der Waals surface area contributed by atoms with Gasteiger partial charge in [0.2, 0.25) is 0 Å². The highest BCUT2D eigenvalue weighted by Gasteiger charge is 2.02. The molecule has 0 aliphatic heterocycles. The zero-order chi connectivity index (χ0) is 16.7. The molecule has 2 amide bonds. The van der Waals surface area contributed by atoms with Crippen molar-refractivity contribution in [3.8, 4) is 5.75 Å². The van der Waals surface area contributed by atoms with Crippen LogP contribution in [0.2, 0.25) is 0 Å². The molecule has 0 aliphatic carbocycles. The summed E-state index contributed by atoms with van der Waals surface area (Å²) < 4.78 is 6.61. The first kappa shape index (κ1) is 17.3. The Hall–Kier alpha value is -2.01. The summed E-state index contributed by atoms with van der Waals surface area (Å²) in [4.78, 5) is 11.7. The van der Waals surface area contributed by atoms with Gasteiger partial charge < -0.3 is 15.4 Å². The fourth-order valence-corrected chi connectivity index (χ4v) is 2.44. The van der Waals surface area contributed by atoms with Crippen molar-refractivity contribution >= 4 is 22.0 Å². The lowest BCUT2D eigenvalue weighted by Gasteiger charge is -2.11. The smallest absolute Gasteiger partial charge is 0.317 e. The van der Waals surface area contributed by atoms with Crippen LogP contribution in [0.25, 0.3) is 0 Å². The monoisotopic (exact) mass is 376 g/mol. The van der Waals surface area contributed by atoms with Gasteiger partial charge in [-0.3, -0.25) is 0 Å². The molecule has 0 fully saturated rings. The number of hydrogen-bond acceptors (Lipinski definition) is 2. The first-order valence-corrected chi connectivity index (χ1v) is 8.30. The maximum absolute atomic E-state index is 11.7. The van der Waals surface area contributed by atoms with Crippen molar-refractivity contribution < 1.29 is 9.53 Å². The van der Waals surface area contributed by atoms with Crippen molar-refractivity contribution in [2.45, 2.75) is 20.3 Å². The van der Waals surface area contributed by atoms with Gasteiger partial charge in [-0.1, -0.05) is 45.8 Å². The number of urea groups is 1. The summed E-state index contributed by atoms with van der Waals surface area (Å²) in [5, 5.41) is 5.50. The third-order valence-electron chi connectivity index (χ3n) is 3.40. The van der Waals surface area contributed by atoms with Crippen LogP contribution in [0, 0.1) is 13.8 Å². The number of benzene rings is 2. The van der Waals surface area contributed by atoms with E-state index in [2.05, 4.69) is 26.6 Å². The molecule has 0 bridgehead atoms. The summed E-state index contributed by atoms with van der Waals surface area (Å²) in [7, 11) is 0. The summed E-state index contributed by atoms with van der Waals surface area (Å²) in [5.74, 6) is 0.783. The van der Waals surface area contributed by atoms with Gasteiger partial charge in [-0.05, 0) is 49.6 Å². The van der Waals surface area contributed by atoms with Gasteiger partial charge in [-0.2, -0.15) is 0 Å². The van der Waals surface area contributed by atoms with Gasteiger partial charge in [0.1, 0.15) is 5.75 Å². The Morgan fingerprint density at radius 3 is 2.52 bits per heavy atom. The van der Waals surface area contributed by atoms with E-state index >= 15 is 0 Å². The molecule has 4 nitrogen and oxygen atoms in total. The number of rotatable bonds is 6. The van der Waals surface area contributed by atoms with Crippen LogP contribution in [0.4, 0.5) is 4.79 Å². The number of carbonyl (C=O) groups is 1. The van der Waals surface area contributed by atoms with E-state index in [0.717, 1.165) is 22.2 Å². The third kappa shape index (κ3) is 5.94. The summed E-state index contributed by atoms with van der Waals surface area (Å²) in [6, 6.07) is 13.8. The molecular formula is C18H21BrN2O2. The molecule has 2 N–H and O–H groups in total. The number of ether oxygens (including phenoxy) is 1. The van der Waals surface area contributed by atoms with Crippen LogP contribution in [0.1, 0.15) is 16.7 Å². The maximum Gasteiger partial charge on any atom is 0.317 e. The van der Waals surface area contributed by atoms with Crippen LogP contribution < -0.4 is 15.4 Å². The number of hydrogen-bond donors (Lipinski definition) is 2. The molecule has 0 saturated heterocycles. The van der Waals surface area contributed by atoms with Crippen molar-refractivity contribution in [3.05, 3.63) is 63.6 Å². The molecule has 0 aromatic heterocycles. The predicted molar refractivity (Wildman–Crippen MR) is 95.8 cm³/mol. The van der Waals surface area contributed by atoms with Crippen molar-refractivity contribution in [3.63, 3.8) is 0 Å². The standard InChI is InChI=1S/C18H21BrN2O2/c1-13-3-8-17(14(2)11-13)23-12-21-18(22)20-10-9-15-4-6-16(19)7-5-15/h3-8,11H,9-10,12H2,1-2H3,(H2,20,21,22). The Morgan fingerprint density at radius 2 is 1.83 bits per heavy atom. The van der Waals surface area contributed by atoms with Crippen molar-refractivity contribution in [1.82, 2.24) is 10.6 Å². The van der Waals surface area contributed by atoms with Crippen LogP contribution in [0.5, 0.6) is 5.75 Å². The summed E-state index contributed by atoms with van der Waals surface area (Å²) >= 11 is 3.40. The largest absolute Gasteiger partial charge is 0.473 e. The van der Waals surface area contributed by atoms with Crippen LogP contribution in [-0.4, -0.2) is 19.3 Å². The Bertz CT molecular complexity index is 657. The average molecular weight is 377 g/mol. The Kier molecular flexibility index (Phi) is 6.47. The number of amides is 2. The fraction of sp³-hybridized carbons (Fsp3) is 0.278. The molecule has 2 aromatic rings. The van der Waals surface area contributed by atoms with Gasteiger partial charge in [0.05, 0.1) is 0 Å². The fourth-order valence-electron chi connectivity index (χ4n) is 2.17. The van der Waals surface area contributed by atoms with Crippen LogP contribution >= 0.6 is 15.9 Å². The molecule has 0 radical (unpaired) electrons. The van der Waals surface area contributed by atoms with E-state index in [1.807, 2.05) is 56.3 Å². The van der Waals surface area contributed by atoms with Crippen molar-refractivity contribution in [1.29, 1.82) is 0 Å². The van der Waals surface area contributed by atoms with Gasteiger partial charge in [-0.25, -0.2) is 4.79 Å². The third-order valence-corrected chi connectivity index (χ3v) is 3.93. The van der Waals surface area contributed by atoms with Gasteiger partial charge in [0.25, 0.3) is 0 Å². The maximum atomic E-state index is 11.7. The first-order valence-electron chi connectivity index (χ1n) is 7.51. The average Bonchev–Trinajstić information content (AvgIpc) is 2.51. The minimum atomic E-state index is -0.230. The van der Waals surface area contributed by atoms with Gasteiger partial charge in [0.15, 0.2) is 6.73 Å². The SMILES string of the molecule is Cc1ccc(OCNC(=O)NCCc2ccc(Br)cc2)c(C)c1. The molecular weight excluding hydrogens is 356 g/mol. The minimum Gasteiger partial charge on any atom is -0.473 e. The van der Waals surface area contributed by atoms with Crippen LogP contribution in [0.3, 0.4) is 0 Å². The predicted octanol–water partition coefficient (Wildman–Crippen LogP) is 3.94. The number of halogens is 1. The lowest BCUT2D eigenvalue weighted by Crippen LogP contribution is -2.38. The highest BCUT2D eigenvalue weighted by Crippen LogP contribution is 2.18. The van der Waals surface area contributed by atoms with Gasteiger partial charge >= 0.3 is 6.03 Å². The highest BCUT2D eigenvalue weighted by atomic mass is 79.9. The van der Waals surface area contributed by atoms with Gasteiger partial charge in [-0.15, -0.1) is 0 Å². The van der Waals surface area contributed by atoms with E-state index < -0.39 is 0 Å². The second-order valence-electron chi connectivity index (χ2n) is 5.37. The molecule has 122 valence electrons. The van der Waals surface area contributed by atoms with E-state index in [1.165, 1.54) is 11.1 Å². The number of aryl methyl sites for hydroxylation is 2. The minimum absolute atomic E-state index is 0.147. The lowest BCUT2D eigenvalue weighted by molar-refractivity contribution is 0.224. The van der Waals surface area contributed by atoms with E-state index in [9.17, 15) is 4.79 Å². The second kappa shape index (κ2) is 8.58. The molecule has 0 aliphatic rings. The summed E-state index contributed by atoms with van der Waals surface area (Å²) in [6.45, 7) is 4.75. The van der Waals surface area contributed by atoms with E-state index in [0.29, 0.717) is 6.54 Å². The topological polar surface area (TPSA) is 50.4 Å². The summed E-state index contributed by atoms with van der Waals surface area (Å²) in [5.41, 5.74) is 3.43. The van der Waals surface area contributed by atoms with Crippen LogP contribution in [-0.2, 0) is 6.42 Å². The molecule has 0 heterocycles. The van der Waals surface area contributed by atoms with E-state index in [4.69, 9.17) is 4.74 Å². The highest BCUT2D eigenvalue weighted by molar-refractivity contribution is 9.10. The van der Waals surface area contributed by atoms with E-state index in [1.54, 1.807) is 0 Å². The van der Waals surface area contributed by atoms with E-state index in [-0.39, 0.29) is 12.8 Å². The summed E-state index contributed by atoms with van der Waals surface area (Å²) in [6.07, 6.45) is 0.790. The molecule has 0 saturated carbocycles. The quantitative estimate of drug-likeness (QED) is 0.750.